The third-order valence-corrected chi connectivity index (χ3v) is 4.84. The number of fused-ring (bicyclic) bond motifs is 1. The Balaban J connectivity index is 1.57. The molecule has 110 valence electrons. The monoisotopic (exact) mass is 348 g/mol. The Hall–Kier alpha value is -1.33. The number of halogens is 1. The van der Waals surface area contributed by atoms with Gasteiger partial charge in [0.15, 0.2) is 0 Å². The summed E-state index contributed by atoms with van der Waals surface area (Å²) in [5.74, 6) is 0.746. The highest BCUT2D eigenvalue weighted by Crippen LogP contribution is 2.35. The number of nitrogens with zero attached hydrogens (tertiary/aromatic N) is 1. The number of H-pyrrole nitrogens is 1. The number of ether oxygens (including phenoxy) is 1. The Morgan fingerprint density at radius 1 is 1.33 bits per heavy atom. The number of rotatable bonds is 2. The van der Waals surface area contributed by atoms with Crippen LogP contribution in [0.15, 0.2) is 28.7 Å². The molecule has 1 N–H and O–H groups in total. The minimum absolute atomic E-state index is 0.0799. The SMILES string of the molecule is O=C(c1cc2ccc(Br)cc2[nH]1)N1CCOC(C2CC2)C1. The first-order valence-electron chi connectivity index (χ1n) is 7.40. The first kappa shape index (κ1) is 13.3. The Kier molecular flexibility index (Phi) is 3.27. The molecule has 0 radical (unpaired) electrons. The number of hydrogen-bond acceptors (Lipinski definition) is 2. The summed E-state index contributed by atoms with van der Waals surface area (Å²) < 4.78 is 6.79. The molecule has 4 rings (SSSR count). The number of nitrogens with one attached hydrogen (secondary N) is 1. The fourth-order valence-corrected chi connectivity index (χ4v) is 3.36. The van der Waals surface area contributed by atoms with Crippen molar-refractivity contribution in [3.05, 3.63) is 34.4 Å². The van der Waals surface area contributed by atoms with Crippen LogP contribution < -0.4 is 0 Å². The van der Waals surface area contributed by atoms with Crippen LogP contribution in [-0.2, 0) is 4.74 Å². The van der Waals surface area contributed by atoms with Crippen LogP contribution in [0.2, 0.25) is 0 Å². The molecule has 2 heterocycles. The predicted molar refractivity (Wildman–Crippen MR) is 84.4 cm³/mol. The van der Waals surface area contributed by atoms with Gasteiger partial charge in [0.05, 0.1) is 12.7 Å². The highest BCUT2D eigenvalue weighted by molar-refractivity contribution is 9.10. The second kappa shape index (κ2) is 5.14. The molecule has 0 spiro atoms. The normalized spacial score (nSPS) is 22.7. The molecule has 1 aromatic heterocycles. The molecule has 2 aromatic rings. The topological polar surface area (TPSA) is 45.3 Å². The Labute approximate surface area is 131 Å². The third kappa shape index (κ3) is 2.60. The highest BCUT2D eigenvalue weighted by atomic mass is 79.9. The van der Waals surface area contributed by atoms with Crippen molar-refractivity contribution in [2.45, 2.75) is 18.9 Å². The molecule has 1 aliphatic heterocycles. The van der Waals surface area contributed by atoms with E-state index in [1.807, 2.05) is 29.2 Å². The minimum atomic E-state index is 0.0799. The van der Waals surface area contributed by atoms with Gasteiger partial charge in [-0.05, 0) is 37.0 Å². The molecule has 1 atom stereocenters. The predicted octanol–water partition coefficient (Wildman–Crippen LogP) is 3.18. The zero-order valence-corrected chi connectivity index (χ0v) is 13.2. The fourth-order valence-electron chi connectivity index (χ4n) is 3.00. The van der Waals surface area contributed by atoms with E-state index in [4.69, 9.17) is 4.74 Å². The lowest BCUT2D eigenvalue weighted by molar-refractivity contribution is -0.0315. The zero-order chi connectivity index (χ0) is 14.4. The van der Waals surface area contributed by atoms with Gasteiger partial charge in [0.25, 0.3) is 5.91 Å². The molecular weight excluding hydrogens is 332 g/mol. The number of morpholine rings is 1. The maximum Gasteiger partial charge on any atom is 0.270 e. The van der Waals surface area contributed by atoms with E-state index in [0.29, 0.717) is 24.8 Å². The van der Waals surface area contributed by atoms with Crippen molar-refractivity contribution in [1.82, 2.24) is 9.88 Å². The van der Waals surface area contributed by atoms with Gasteiger partial charge < -0.3 is 14.6 Å². The van der Waals surface area contributed by atoms with Crippen molar-refractivity contribution in [1.29, 1.82) is 0 Å². The Morgan fingerprint density at radius 3 is 3.00 bits per heavy atom. The highest BCUT2D eigenvalue weighted by Gasteiger charge is 2.36. The van der Waals surface area contributed by atoms with E-state index in [0.717, 1.165) is 21.9 Å². The lowest BCUT2D eigenvalue weighted by atomic mass is 10.2. The first-order chi connectivity index (χ1) is 10.2. The van der Waals surface area contributed by atoms with Crippen LogP contribution in [0, 0.1) is 5.92 Å². The van der Waals surface area contributed by atoms with E-state index < -0.39 is 0 Å². The average Bonchev–Trinajstić information content (AvgIpc) is 3.26. The van der Waals surface area contributed by atoms with Gasteiger partial charge in [-0.25, -0.2) is 0 Å². The largest absolute Gasteiger partial charge is 0.374 e. The lowest BCUT2D eigenvalue weighted by Gasteiger charge is -2.32. The molecule has 0 bridgehead atoms. The molecule has 1 amide bonds. The van der Waals surface area contributed by atoms with Crippen molar-refractivity contribution in [3.63, 3.8) is 0 Å². The van der Waals surface area contributed by atoms with E-state index in [2.05, 4.69) is 20.9 Å². The van der Waals surface area contributed by atoms with Gasteiger partial charge in [0.2, 0.25) is 0 Å². The standard InChI is InChI=1S/C16H17BrN2O2/c17-12-4-3-11-7-14(18-13(11)8-12)16(20)19-5-6-21-15(9-19)10-1-2-10/h3-4,7-8,10,15,18H,1-2,5-6,9H2. The number of aromatic amines is 1. The van der Waals surface area contributed by atoms with E-state index in [9.17, 15) is 4.79 Å². The molecule has 1 aromatic carbocycles. The van der Waals surface area contributed by atoms with Gasteiger partial charge in [-0.1, -0.05) is 22.0 Å². The smallest absolute Gasteiger partial charge is 0.270 e. The number of hydrogen-bond donors (Lipinski definition) is 1. The van der Waals surface area contributed by atoms with Gasteiger partial charge >= 0.3 is 0 Å². The van der Waals surface area contributed by atoms with Crippen LogP contribution >= 0.6 is 15.9 Å². The van der Waals surface area contributed by atoms with Crippen molar-refractivity contribution >= 4 is 32.7 Å². The van der Waals surface area contributed by atoms with Crippen LogP contribution in [0.5, 0.6) is 0 Å². The van der Waals surface area contributed by atoms with Crippen LogP contribution in [0.3, 0.4) is 0 Å². The van der Waals surface area contributed by atoms with Crippen molar-refractivity contribution in [2.24, 2.45) is 5.92 Å². The van der Waals surface area contributed by atoms with E-state index in [1.54, 1.807) is 0 Å². The van der Waals surface area contributed by atoms with Crippen LogP contribution in [-0.4, -0.2) is 41.6 Å². The van der Waals surface area contributed by atoms with Gasteiger partial charge in [-0.2, -0.15) is 0 Å². The third-order valence-electron chi connectivity index (χ3n) is 4.34. The summed E-state index contributed by atoms with van der Waals surface area (Å²) in [7, 11) is 0. The van der Waals surface area contributed by atoms with Crippen molar-refractivity contribution < 1.29 is 9.53 Å². The van der Waals surface area contributed by atoms with Gasteiger partial charge in [0, 0.05) is 28.5 Å². The maximum absolute atomic E-state index is 12.7. The van der Waals surface area contributed by atoms with E-state index in [-0.39, 0.29) is 12.0 Å². The molecule has 21 heavy (non-hydrogen) atoms. The molecule has 1 saturated heterocycles. The molecule has 1 saturated carbocycles. The van der Waals surface area contributed by atoms with E-state index in [1.165, 1.54) is 12.8 Å². The number of carbonyl (C=O) groups is 1. The summed E-state index contributed by atoms with van der Waals surface area (Å²) in [6.45, 7) is 2.06. The minimum Gasteiger partial charge on any atom is -0.374 e. The summed E-state index contributed by atoms with van der Waals surface area (Å²) in [6, 6.07) is 7.94. The second-order valence-electron chi connectivity index (χ2n) is 5.91. The van der Waals surface area contributed by atoms with Crippen LogP contribution in [0.1, 0.15) is 23.3 Å². The lowest BCUT2D eigenvalue weighted by Crippen LogP contribution is -2.46. The quantitative estimate of drug-likeness (QED) is 0.905. The van der Waals surface area contributed by atoms with Gasteiger partial charge in [0.1, 0.15) is 5.69 Å². The van der Waals surface area contributed by atoms with Crippen molar-refractivity contribution in [3.8, 4) is 0 Å². The number of benzene rings is 1. The summed E-state index contributed by atoms with van der Waals surface area (Å²) in [5.41, 5.74) is 1.65. The van der Waals surface area contributed by atoms with Crippen molar-refractivity contribution in [2.75, 3.05) is 19.7 Å². The second-order valence-corrected chi connectivity index (χ2v) is 6.83. The molecule has 2 aliphatic rings. The van der Waals surface area contributed by atoms with Gasteiger partial charge in [-0.15, -0.1) is 0 Å². The average molecular weight is 349 g/mol. The molecule has 4 nitrogen and oxygen atoms in total. The summed E-state index contributed by atoms with van der Waals surface area (Å²) >= 11 is 3.45. The summed E-state index contributed by atoms with van der Waals surface area (Å²) in [6.07, 6.45) is 2.72. The number of amides is 1. The van der Waals surface area contributed by atoms with Gasteiger partial charge in [-0.3, -0.25) is 4.79 Å². The molecule has 1 unspecified atom stereocenters. The maximum atomic E-state index is 12.7. The summed E-state index contributed by atoms with van der Waals surface area (Å²) in [4.78, 5) is 17.8. The zero-order valence-electron chi connectivity index (χ0n) is 11.6. The van der Waals surface area contributed by atoms with E-state index >= 15 is 0 Å². The molecule has 1 aliphatic carbocycles. The number of aromatic nitrogens is 1. The summed E-state index contributed by atoms with van der Waals surface area (Å²) in [5, 5.41) is 1.06. The van der Waals surface area contributed by atoms with Crippen LogP contribution in [0.25, 0.3) is 10.9 Å². The fraction of sp³-hybridized carbons (Fsp3) is 0.438. The van der Waals surface area contributed by atoms with Crippen LogP contribution in [0.4, 0.5) is 0 Å². The molecule has 5 heteroatoms. The first-order valence-corrected chi connectivity index (χ1v) is 8.19. The Bertz CT molecular complexity index is 693. The Morgan fingerprint density at radius 2 is 2.19 bits per heavy atom. The molecular formula is C16H17BrN2O2. The number of carbonyl (C=O) groups excluding carboxylic acids is 1. The molecule has 2 fully saturated rings.